The zero-order valence-electron chi connectivity index (χ0n) is 4.46. The van der Waals surface area contributed by atoms with Gasteiger partial charge in [0.15, 0.2) is 0 Å². The molecule has 1 atom stereocenters. The van der Waals surface area contributed by atoms with Crippen LogP contribution in [0.25, 0.3) is 0 Å². The Labute approximate surface area is 47.6 Å². The van der Waals surface area contributed by atoms with Gasteiger partial charge in [-0.05, 0) is 13.2 Å². The molecule has 0 spiro atoms. The fourth-order valence-electron chi connectivity index (χ4n) is 0.155. The highest BCUT2D eigenvalue weighted by atomic mass is 32.2. The standard InChI is InChI=1S/C4H9NOS/c1-4(7-2)3-5-6/h3-4,6H,1-2H3. The van der Waals surface area contributed by atoms with Crippen molar-refractivity contribution in [2.45, 2.75) is 12.2 Å². The molecule has 0 saturated heterocycles. The highest BCUT2D eigenvalue weighted by Crippen LogP contribution is 1.99. The highest BCUT2D eigenvalue weighted by molar-refractivity contribution is 7.99. The van der Waals surface area contributed by atoms with Crippen molar-refractivity contribution in [2.75, 3.05) is 6.26 Å². The second-order valence-electron chi connectivity index (χ2n) is 1.21. The minimum atomic E-state index is 0.324. The van der Waals surface area contributed by atoms with Crippen molar-refractivity contribution in [3.8, 4) is 0 Å². The first-order valence-electron chi connectivity index (χ1n) is 2.01. The molecule has 3 heteroatoms. The largest absolute Gasteiger partial charge is 0.411 e. The molecular weight excluding hydrogens is 110 g/mol. The summed E-state index contributed by atoms with van der Waals surface area (Å²) in [6.45, 7) is 1.96. The summed E-state index contributed by atoms with van der Waals surface area (Å²) in [5.74, 6) is 0. The van der Waals surface area contributed by atoms with Gasteiger partial charge in [-0.2, -0.15) is 11.8 Å². The van der Waals surface area contributed by atoms with E-state index in [0.717, 1.165) is 0 Å². The third kappa shape index (κ3) is 3.66. The SMILES string of the molecule is CSC(C)C=NO. The van der Waals surface area contributed by atoms with E-state index in [2.05, 4.69) is 5.16 Å². The van der Waals surface area contributed by atoms with E-state index < -0.39 is 0 Å². The average molecular weight is 119 g/mol. The van der Waals surface area contributed by atoms with Crippen LogP contribution in [0.2, 0.25) is 0 Å². The predicted molar refractivity (Wildman–Crippen MR) is 33.3 cm³/mol. The summed E-state index contributed by atoms with van der Waals surface area (Å²) < 4.78 is 0. The van der Waals surface area contributed by atoms with E-state index in [4.69, 9.17) is 5.21 Å². The first-order chi connectivity index (χ1) is 3.31. The van der Waals surface area contributed by atoms with E-state index in [1.807, 2.05) is 13.2 Å². The van der Waals surface area contributed by atoms with E-state index >= 15 is 0 Å². The number of rotatable bonds is 2. The van der Waals surface area contributed by atoms with Gasteiger partial charge in [-0.15, -0.1) is 5.16 Å². The van der Waals surface area contributed by atoms with Crippen LogP contribution in [0.15, 0.2) is 5.16 Å². The lowest BCUT2D eigenvalue weighted by Crippen LogP contribution is -1.94. The Balaban J connectivity index is 3.16. The lowest BCUT2D eigenvalue weighted by Gasteiger charge is -1.93. The minimum Gasteiger partial charge on any atom is -0.411 e. The van der Waals surface area contributed by atoms with Gasteiger partial charge < -0.3 is 5.21 Å². The molecule has 7 heavy (non-hydrogen) atoms. The molecule has 0 aliphatic heterocycles. The molecule has 1 N–H and O–H groups in total. The number of hydrogen-bond donors (Lipinski definition) is 1. The summed E-state index contributed by atoms with van der Waals surface area (Å²) in [5.41, 5.74) is 0. The summed E-state index contributed by atoms with van der Waals surface area (Å²) >= 11 is 1.64. The molecular formula is C4H9NOS. The van der Waals surface area contributed by atoms with Crippen LogP contribution in [0.4, 0.5) is 0 Å². The van der Waals surface area contributed by atoms with Gasteiger partial charge in [-0.25, -0.2) is 0 Å². The zero-order chi connectivity index (χ0) is 5.70. The number of nitrogens with zero attached hydrogens (tertiary/aromatic N) is 1. The fraction of sp³-hybridized carbons (Fsp3) is 0.750. The Morgan fingerprint density at radius 2 is 2.43 bits per heavy atom. The Kier molecular flexibility index (Phi) is 3.89. The van der Waals surface area contributed by atoms with Gasteiger partial charge in [0, 0.05) is 5.25 Å². The first kappa shape index (κ1) is 6.82. The Hall–Kier alpha value is -0.180. The average Bonchev–Trinajstić information content (AvgIpc) is 1.68. The van der Waals surface area contributed by atoms with Crippen LogP contribution in [0.5, 0.6) is 0 Å². The molecule has 0 amide bonds. The Morgan fingerprint density at radius 3 is 2.57 bits per heavy atom. The number of oxime groups is 1. The van der Waals surface area contributed by atoms with Crippen LogP contribution >= 0.6 is 11.8 Å². The number of thioether (sulfide) groups is 1. The van der Waals surface area contributed by atoms with Crippen molar-refractivity contribution in [1.82, 2.24) is 0 Å². The van der Waals surface area contributed by atoms with Gasteiger partial charge in [0.25, 0.3) is 0 Å². The lowest BCUT2D eigenvalue weighted by atomic mass is 10.5. The van der Waals surface area contributed by atoms with Crippen LogP contribution in [0.1, 0.15) is 6.92 Å². The number of hydrogen-bond acceptors (Lipinski definition) is 3. The molecule has 0 rings (SSSR count). The maximum atomic E-state index is 7.92. The van der Waals surface area contributed by atoms with Crippen molar-refractivity contribution in [3.63, 3.8) is 0 Å². The summed E-state index contributed by atoms with van der Waals surface area (Å²) in [7, 11) is 0. The predicted octanol–water partition coefficient (Wildman–Crippen LogP) is 1.20. The molecule has 0 aliphatic rings. The van der Waals surface area contributed by atoms with E-state index in [9.17, 15) is 0 Å². The van der Waals surface area contributed by atoms with Crippen LogP contribution in [-0.4, -0.2) is 22.9 Å². The molecule has 1 unspecified atom stereocenters. The molecule has 0 aromatic carbocycles. The van der Waals surface area contributed by atoms with Gasteiger partial charge in [-0.3, -0.25) is 0 Å². The maximum absolute atomic E-state index is 7.92. The van der Waals surface area contributed by atoms with Crippen LogP contribution in [0, 0.1) is 0 Å². The second kappa shape index (κ2) is 3.99. The van der Waals surface area contributed by atoms with Crippen molar-refractivity contribution in [1.29, 1.82) is 0 Å². The Bertz CT molecular complexity index is 64.7. The fourth-order valence-corrected chi connectivity index (χ4v) is 0.331. The Morgan fingerprint density at radius 1 is 1.86 bits per heavy atom. The van der Waals surface area contributed by atoms with Crippen molar-refractivity contribution >= 4 is 18.0 Å². The van der Waals surface area contributed by atoms with Gasteiger partial charge in [0.2, 0.25) is 0 Å². The molecule has 0 fully saturated rings. The minimum absolute atomic E-state index is 0.324. The van der Waals surface area contributed by atoms with E-state index in [0.29, 0.717) is 5.25 Å². The molecule has 42 valence electrons. The summed E-state index contributed by atoms with van der Waals surface area (Å²) in [4.78, 5) is 0. The molecule has 0 radical (unpaired) electrons. The second-order valence-corrected chi connectivity index (χ2v) is 2.42. The van der Waals surface area contributed by atoms with E-state index in [-0.39, 0.29) is 0 Å². The molecule has 0 heterocycles. The zero-order valence-corrected chi connectivity index (χ0v) is 5.27. The normalized spacial score (nSPS) is 15.1. The molecule has 0 saturated carbocycles. The van der Waals surface area contributed by atoms with Crippen molar-refractivity contribution in [3.05, 3.63) is 0 Å². The van der Waals surface area contributed by atoms with Gasteiger partial charge in [0.05, 0.1) is 6.21 Å². The summed E-state index contributed by atoms with van der Waals surface area (Å²) in [6.07, 6.45) is 3.46. The molecule has 2 nitrogen and oxygen atoms in total. The maximum Gasteiger partial charge on any atom is 0.0563 e. The monoisotopic (exact) mass is 119 g/mol. The smallest absolute Gasteiger partial charge is 0.0563 e. The van der Waals surface area contributed by atoms with Gasteiger partial charge in [-0.1, -0.05) is 0 Å². The summed E-state index contributed by atoms with van der Waals surface area (Å²) in [5, 5.41) is 11.1. The topological polar surface area (TPSA) is 32.6 Å². The third-order valence-electron chi connectivity index (χ3n) is 0.648. The highest BCUT2D eigenvalue weighted by Gasteiger charge is 1.89. The molecule has 0 aromatic heterocycles. The van der Waals surface area contributed by atoms with Gasteiger partial charge in [0.1, 0.15) is 0 Å². The third-order valence-corrected chi connectivity index (χ3v) is 1.51. The van der Waals surface area contributed by atoms with E-state index in [1.165, 1.54) is 6.21 Å². The van der Waals surface area contributed by atoms with Crippen LogP contribution < -0.4 is 0 Å². The lowest BCUT2D eigenvalue weighted by molar-refractivity contribution is 0.321. The first-order valence-corrected chi connectivity index (χ1v) is 3.30. The van der Waals surface area contributed by atoms with Crippen LogP contribution in [-0.2, 0) is 0 Å². The molecule has 0 aromatic rings. The van der Waals surface area contributed by atoms with E-state index in [1.54, 1.807) is 11.8 Å². The molecule has 0 bridgehead atoms. The summed E-state index contributed by atoms with van der Waals surface area (Å²) in [6, 6.07) is 0. The van der Waals surface area contributed by atoms with Gasteiger partial charge >= 0.3 is 0 Å². The van der Waals surface area contributed by atoms with Crippen molar-refractivity contribution < 1.29 is 5.21 Å². The van der Waals surface area contributed by atoms with Crippen molar-refractivity contribution in [2.24, 2.45) is 5.16 Å². The quantitative estimate of drug-likeness (QED) is 0.336. The van der Waals surface area contributed by atoms with Crippen LogP contribution in [0.3, 0.4) is 0 Å². The molecule has 0 aliphatic carbocycles.